The van der Waals surface area contributed by atoms with Crippen LogP contribution >= 0.6 is 0 Å². The first-order valence-electron chi connectivity index (χ1n) is 8.35. The second kappa shape index (κ2) is 6.25. The number of amides is 2. The molecule has 2 atom stereocenters. The zero-order valence-corrected chi connectivity index (χ0v) is 12.4. The van der Waals surface area contributed by atoms with Crippen molar-refractivity contribution in [3.8, 4) is 0 Å². The summed E-state index contributed by atoms with van der Waals surface area (Å²) in [5.41, 5.74) is 0. The minimum atomic E-state index is 0.0197. The van der Waals surface area contributed by atoms with Gasteiger partial charge in [-0.2, -0.15) is 0 Å². The van der Waals surface area contributed by atoms with E-state index in [4.69, 9.17) is 0 Å². The molecule has 1 saturated carbocycles. The normalized spacial score (nSPS) is 31.7. The standard InChI is InChI=1S/C16H26N2O2/c19-15-13-7-2-3-8-14(13)16(20)18(15)12-6-11-17-9-4-1-5-10-17/h13-14H,1-12H2. The summed E-state index contributed by atoms with van der Waals surface area (Å²) in [6.07, 6.45) is 8.97. The smallest absolute Gasteiger partial charge is 0.233 e. The highest BCUT2D eigenvalue weighted by Gasteiger charge is 2.47. The molecule has 2 amide bonds. The van der Waals surface area contributed by atoms with Gasteiger partial charge in [-0.1, -0.05) is 19.3 Å². The van der Waals surface area contributed by atoms with Crippen molar-refractivity contribution >= 4 is 11.8 Å². The molecule has 112 valence electrons. The molecule has 3 aliphatic rings. The highest BCUT2D eigenvalue weighted by atomic mass is 16.2. The first-order chi connectivity index (χ1) is 9.77. The van der Waals surface area contributed by atoms with Crippen molar-refractivity contribution in [1.29, 1.82) is 0 Å². The second-order valence-corrected chi connectivity index (χ2v) is 6.58. The Bertz CT molecular complexity index is 353. The van der Waals surface area contributed by atoms with Gasteiger partial charge in [0.25, 0.3) is 0 Å². The largest absolute Gasteiger partial charge is 0.303 e. The molecule has 1 aliphatic carbocycles. The van der Waals surface area contributed by atoms with Crippen LogP contribution in [0.25, 0.3) is 0 Å². The summed E-state index contributed by atoms with van der Waals surface area (Å²) in [5, 5.41) is 0. The molecule has 0 aromatic carbocycles. The van der Waals surface area contributed by atoms with Gasteiger partial charge in [0.05, 0.1) is 11.8 Å². The summed E-state index contributed by atoms with van der Waals surface area (Å²) in [7, 11) is 0. The molecule has 0 spiro atoms. The Morgan fingerprint density at radius 1 is 0.800 bits per heavy atom. The van der Waals surface area contributed by atoms with Crippen molar-refractivity contribution in [2.75, 3.05) is 26.2 Å². The Morgan fingerprint density at radius 3 is 2.00 bits per heavy atom. The van der Waals surface area contributed by atoms with E-state index in [1.54, 1.807) is 4.90 Å². The fraction of sp³-hybridized carbons (Fsp3) is 0.875. The highest BCUT2D eigenvalue weighted by molar-refractivity contribution is 6.05. The van der Waals surface area contributed by atoms with Crippen molar-refractivity contribution in [2.24, 2.45) is 11.8 Å². The fourth-order valence-electron chi connectivity index (χ4n) is 4.09. The third-order valence-corrected chi connectivity index (χ3v) is 5.24. The second-order valence-electron chi connectivity index (χ2n) is 6.58. The zero-order chi connectivity index (χ0) is 13.9. The number of hydrogen-bond acceptors (Lipinski definition) is 3. The molecule has 0 aromatic rings. The molecule has 20 heavy (non-hydrogen) atoms. The van der Waals surface area contributed by atoms with Crippen molar-refractivity contribution < 1.29 is 9.59 Å². The van der Waals surface area contributed by atoms with Gasteiger partial charge >= 0.3 is 0 Å². The van der Waals surface area contributed by atoms with Crippen LogP contribution in [0.5, 0.6) is 0 Å². The molecule has 0 aromatic heterocycles. The van der Waals surface area contributed by atoms with Crippen molar-refractivity contribution in [3.63, 3.8) is 0 Å². The van der Waals surface area contributed by atoms with Crippen LogP contribution in [0.1, 0.15) is 51.4 Å². The van der Waals surface area contributed by atoms with Gasteiger partial charge in [0, 0.05) is 6.54 Å². The molecule has 4 heteroatoms. The molecular weight excluding hydrogens is 252 g/mol. The molecule has 2 heterocycles. The average molecular weight is 278 g/mol. The minimum absolute atomic E-state index is 0.0197. The summed E-state index contributed by atoms with van der Waals surface area (Å²) >= 11 is 0. The summed E-state index contributed by atoms with van der Waals surface area (Å²) in [6, 6.07) is 0. The molecule has 0 N–H and O–H groups in total. The molecule has 0 radical (unpaired) electrons. The van der Waals surface area contributed by atoms with Crippen molar-refractivity contribution in [3.05, 3.63) is 0 Å². The quantitative estimate of drug-likeness (QED) is 0.739. The third kappa shape index (κ3) is 2.76. The lowest BCUT2D eigenvalue weighted by molar-refractivity contribution is -0.140. The van der Waals surface area contributed by atoms with Gasteiger partial charge in [-0.15, -0.1) is 0 Å². The van der Waals surface area contributed by atoms with E-state index in [-0.39, 0.29) is 23.7 Å². The van der Waals surface area contributed by atoms with Crippen LogP contribution in [-0.2, 0) is 9.59 Å². The third-order valence-electron chi connectivity index (χ3n) is 5.24. The minimum Gasteiger partial charge on any atom is -0.303 e. The Kier molecular flexibility index (Phi) is 4.39. The summed E-state index contributed by atoms with van der Waals surface area (Å²) in [6.45, 7) is 4.05. The average Bonchev–Trinajstić information content (AvgIpc) is 2.74. The van der Waals surface area contributed by atoms with Crippen LogP contribution < -0.4 is 0 Å². The van der Waals surface area contributed by atoms with Crippen LogP contribution in [0.2, 0.25) is 0 Å². The first-order valence-corrected chi connectivity index (χ1v) is 8.35. The SMILES string of the molecule is O=C1C2CCCCC2C(=O)N1CCCN1CCCCC1. The van der Waals surface area contributed by atoms with Crippen molar-refractivity contribution in [2.45, 2.75) is 51.4 Å². The molecule has 3 fully saturated rings. The lowest BCUT2D eigenvalue weighted by Crippen LogP contribution is -2.36. The van der Waals surface area contributed by atoms with Crippen molar-refractivity contribution in [1.82, 2.24) is 9.80 Å². The molecular formula is C16H26N2O2. The Hall–Kier alpha value is -0.900. The molecule has 4 nitrogen and oxygen atoms in total. The molecule has 2 aliphatic heterocycles. The van der Waals surface area contributed by atoms with Gasteiger partial charge in [-0.25, -0.2) is 0 Å². The Morgan fingerprint density at radius 2 is 1.40 bits per heavy atom. The van der Waals surface area contributed by atoms with Crippen LogP contribution in [0.4, 0.5) is 0 Å². The van der Waals surface area contributed by atoms with Crippen LogP contribution in [0.3, 0.4) is 0 Å². The monoisotopic (exact) mass is 278 g/mol. The van der Waals surface area contributed by atoms with Gasteiger partial charge in [0.2, 0.25) is 11.8 Å². The van der Waals surface area contributed by atoms with E-state index >= 15 is 0 Å². The van der Waals surface area contributed by atoms with Gasteiger partial charge < -0.3 is 4.90 Å². The topological polar surface area (TPSA) is 40.6 Å². The maximum absolute atomic E-state index is 12.3. The number of fused-ring (bicyclic) bond motifs is 1. The number of piperidine rings is 1. The van der Waals surface area contributed by atoms with Gasteiger partial charge in [0.1, 0.15) is 0 Å². The maximum atomic E-state index is 12.3. The van der Waals surface area contributed by atoms with E-state index in [0.717, 1.165) is 38.6 Å². The number of rotatable bonds is 4. The number of carbonyl (C=O) groups excluding carboxylic acids is 2. The zero-order valence-electron chi connectivity index (χ0n) is 12.4. The summed E-state index contributed by atoms with van der Waals surface area (Å²) in [4.78, 5) is 28.7. The van der Waals surface area contributed by atoms with E-state index in [9.17, 15) is 9.59 Å². The van der Waals surface area contributed by atoms with Crippen LogP contribution in [-0.4, -0.2) is 47.8 Å². The maximum Gasteiger partial charge on any atom is 0.233 e. The van der Waals surface area contributed by atoms with Gasteiger partial charge in [-0.3, -0.25) is 14.5 Å². The van der Waals surface area contributed by atoms with E-state index in [2.05, 4.69) is 4.90 Å². The summed E-state index contributed by atoms with van der Waals surface area (Å²) in [5.74, 6) is 0.286. The van der Waals surface area contributed by atoms with Gasteiger partial charge in [-0.05, 0) is 51.7 Å². The lowest BCUT2D eigenvalue weighted by Gasteiger charge is -2.27. The summed E-state index contributed by atoms with van der Waals surface area (Å²) < 4.78 is 0. The van der Waals surface area contributed by atoms with Crippen LogP contribution in [0.15, 0.2) is 0 Å². The highest BCUT2D eigenvalue weighted by Crippen LogP contribution is 2.37. The number of nitrogens with zero attached hydrogens (tertiary/aromatic N) is 2. The Balaban J connectivity index is 1.49. The van der Waals surface area contributed by atoms with E-state index < -0.39 is 0 Å². The predicted molar refractivity (Wildman–Crippen MR) is 77.1 cm³/mol. The molecule has 3 rings (SSSR count). The molecule has 0 bridgehead atoms. The molecule has 2 unspecified atom stereocenters. The van der Waals surface area contributed by atoms with E-state index in [1.807, 2.05) is 0 Å². The first kappa shape index (κ1) is 14.1. The van der Waals surface area contributed by atoms with E-state index in [0.29, 0.717) is 6.54 Å². The van der Waals surface area contributed by atoms with E-state index in [1.165, 1.54) is 32.4 Å². The number of imide groups is 1. The number of carbonyl (C=O) groups is 2. The van der Waals surface area contributed by atoms with Gasteiger partial charge in [0.15, 0.2) is 0 Å². The van der Waals surface area contributed by atoms with Crippen LogP contribution in [0, 0.1) is 11.8 Å². The lowest BCUT2D eigenvalue weighted by atomic mass is 9.81. The number of likely N-dealkylation sites (tertiary alicyclic amines) is 2. The number of hydrogen-bond donors (Lipinski definition) is 0. The molecule has 2 saturated heterocycles. The Labute approximate surface area is 121 Å². The fourth-order valence-corrected chi connectivity index (χ4v) is 4.09. The predicted octanol–water partition coefficient (Wildman–Crippen LogP) is 2.04.